The van der Waals surface area contributed by atoms with Gasteiger partial charge in [0.1, 0.15) is 5.75 Å². The van der Waals surface area contributed by atoms with E-state index in [1.54, 1.807) is 12.1 Å². The first-order chi connectivity index (χ1) is 15.0. The third-order valence-corrected chi connectivity index (χ3v) is 4.96. The molecule has 0 amide bonds. The van der Waals surface area contributed by atoms with Gasteiger partial charge in [0.2, 0.25) is 0 Å². The van der Waals surface area contributed by atoms with Crippen LogP contribution in [-0.2, 0) is 0 Å². The first-order valence-corrected chi connectivity index (χ1v) is 9.90. The third kappa shape index (κ3) is 3.98. The van der Waals surface area contributed by atoms with E-state index in [4.69, 9.17) is 4.74 Å². The molecule has 1 aromatic heterocycles. The van der Waals surface area contributed by atoms with E-state index in [1.807, 2.05) is 49.4 Å². The van der Waals surface area contributed by atoms with E-state index < -0.39 is 4.92 Å². The van der Waals surface area contributed by atoms with Crippen molar-refractivity contribution in [1.82, 2.24) is 9.78 Å². The van der Waals surface area contributed by atoms with Gasteiger partial charge in [-0.25, -0.2) is 4.68 Å². The lowest BCUT2D eigenvalue weighted by atomic mass is 10.1. The van der Waals surface area contributed by atoms with Crippen molar-refractivity contribution in [2.45, 2.75) is 13.3 Å². The van der Waals surface area contributed by atoms with E-state index >= 15 is 0 Å². The van der Waals surface area contributed by atoms with Crippen LogP contribution in [0, 0.1) is 10.1 Å². The Bertz CT molecular complexity index is 1450. The Labute approximate surface area is 177 Å². The lowest BCUT2D eigenvalue weighted by Gasteiger charge is -2.07. The largest absolute Gasteiger partial charge is 0.493 e. The highest BCUT2D eigenvalue weighted by atomic mass is 16.6. The maximum absolute atomic E-state index is 13.2. The van der Waals surface area contributed by atoms with Crippen molar-refractivity contribution in [1.29, 1.82) is 0 Å². The van der Waals surface area contributed by atoms with Gasteiger partial charge >= 0.3 is 0 Å². The van der Waals surface area contributed by atoms with Gasteiger partial charge in [-0.3, -0.25) is 20.0 Å². The Kier molecular flexibility index (Phi) is 5.41. The number of aromatic amines is 1. The van der Waals surface area contributed by atoms with Gasteiger partial charge in [0.05, 0.1) is 27.8 Å². The van der Waals surface area contributed by atoms with Crippen LogP contribution in [0.2, 0.25) is 0 Å². The van der Waals surface area contributed by atoms with Gasteiger partial charge in [-0.2, -0.15) is 0 Å². The number of nitro groups is 1. The van der Waals surface area contributed by atoms with E-state index in [-0.39, 0.29) is 11.2 Å². The van der Waals surface area contributed by atoms with Crippen molar-refractivity contribution in [3.63, 3.8) is 0 Å². The molecule has 1 N–H and O–H groups in total. The van der Waals surface area contributed by atoms with Crippen LogP contribution < -0.4 is 20.9 Å². The van der Waals surface area contributed by atoms with Gasteiger partial charge in [-0.15, -0.1) is 0 Å². The van der Waals surface area contributed by atoms with Crippen LogP contribution >= 0.6 is 0 Å². The molecule has 7 nitrogen and oxygen atoms in total. The van der Waals surface area contributed by atoms with Gasteiger partial charge < -0.3 is 4.74 Å². The summed E-state index contributed by atoms with van der Waals surface area (Å²) in [6.45, 7) is 6.39. The van der Waals surface area contributed by atoms with E-state index in [2.05, 4.69) is 11.7 Å². The minimum absolute atomic E-state index is 0.0777. The van der Waals surface area contributed by atoms with Gasteiger partial charge in [0.15, 0.2) is 0 Å². The molecular weight excluding hydrogens is 394 g/mol. The highest BCUT2D eigenvalue weighted by Gasteiger charge is 2.12. The highest BCUT2D eigenvalue weighted by Crippen LogP contribution is 2.25. The molecular formula is C24H21N3O4. The summed E-state index contributed by atoms with van der Waals surface area (Å²) in [6.07, 6.45) is 2.37. The summed E-state index contributed by atoms with van der Waals surface area (Å²) in [5, 5.41) is 17.0. The second-order valence-corrected chi connectivity index (χ2v) is 7.15. The number of ether oxygens (including phenoxy) is 1. The van der Waals surface area contributed by atoms with Crippen molar-refractivity contribution in [3.8, 4) is 11.4 Å². The maximum atomic E-state index is 13.2. The molecule has 4 rings (SSSR count). The van der Waals surface area contributed by atoms with E-state index in [9.17, 15) is 14.9 Å². The van der Waals surface area contributed by atoms with Gasteiger partial charge in [0, 0.05) is 17.7 Å². The van der Waals surface area contributed by atoms with Crippen molar-refractivity contribution in [2.75, 3.05) is 6.61 Å². The lowest BCUT2D eigenvalue weighted by molar-refractivity contribution is -0.384. The molecule has 0 radical (unpaired) electrons. The molecule has 0 aliphatic rings. The quantitative estimate of drug-likeness (QED) is 0.387. The second-order valence-electron chi connectivity index (χ2n) is 7.15. The van der Waals surface area contributed by atoms with Crippen molar-refractivity contribution < 1.29 is 9.66 Å². The predicted molar refractivity (Wildman–Crippen MR) is 121 cm³/mol. The number of benzene rings is 3. The molecule has 4 aromatic rings. The summed E-state index contributed by atoms with van der Waals surface area (Å²) >= 11 is 0. The predicted octanol–water partition coefficient (Wildman–Crippen LogP) is 3.25. The second kappa shape index (κ2) is 8.31. The first kappa shape index (κ1) is 20.2. The van der Waals surface area contributed by atoms with Crippen LogP contribution in [-0.4, -0.2) is 21.3 Å². The molecule has 0 aliphatic heterocycles. The number of aromatic nitrogens is 2. The number of hydrogen-bond acceptors (Lipinski definition) is 4. The Balaban J connectivity index is 1.87. The molecule has 0 atom stereocenters. The summed E-state index contributed by atoms with van der Waals surface area (Å²) in [5.74, 6) is 0.477. The number of hydrogen-bond donors (Lipinski definition) is 1. The Morgan fingerprint density at radius 3 is 2.65 bits per heavy atom. The fourth-order valence-electron chi connectivity index (χ4n) is 3.40. The zero-order valence-corrected chi connectivity index (χ0v) is 17.0. The Morgan fingerprint density at radius 1 is 1.13 bits per heavy atom. The molecule has 31 heavy (non-hydrogen) atoms. The Hall–Kier alpha value is -4.13. The molecule has 0 spiro atoms. The minimum atomic E-state index is -0.476. The molecule has 0 unspecified atom stereocenters. The van der Waals surface area contributed by atoms with E-state index in [1.165, 1.54) is 16.8 Å². The smallest absolute Gasteiger partial charge is 0.279 e. The minimum Gasteiger partial charge on any atom is -0.493 e. The van der Waals surface area contributed by atoms with Gasteiger partial charge in [0.25, 0.3) is 11.2 Å². The summed E-state index contributed by atoms with van der Waals surface area (Å²) < 4.78 is 7.14. The average Bonchev–Trinajstić information content (AvgIpc) is 3.06. The summed E-state index contributed by atoms with van der Waals surface area (Å²) in [6, 6.07) is 17.9. The molecule has 0 saturated heterocycles. The van der Waals surface area contributed by atoms with Crippen molar-refractivity contribution in [2.24, 2.45) is 0 Å². The molecule has 3 aromatic carbocycles. The van der Waals surface area contributed by atoms with E-state index in [0.29, 0.717) is 34.2 Å². The molecule has 0 fully saturated rings. The summed E-state index contributed by atoms with van der Waals surface area (Å²) in [4.78, 5) is 23.9. The molecule has 0 bridgehead atoms. The standard InChI is InChI=1S/C24H21N3O4/c1-3-12-31-23-11-10-21(27(29)30)14-19(23)15-22-16(2)25-26(24(22)28)20-9-8-17-6-4-5-7-18(17)13-20/h4-11,13-15,25H,2-3,12H2,1H3/b22-15-. The van der Waals surface area contributed by atoms with Crippen LogP contribution in [0.15, 0.2) is 65.5 Å². The molecule has 0 aliphatic carbocycles. The van der Waals surface area contributed by atoms with Crippen molar-refractivity contribution >= 4 is 29.1 Å². The normalized spacial score (nSPS) is 11.7. The van der Waals surface area contributed by atoms with Crippen LogP contribution in [0.5, 0.6) is 5.75 Å². The fraction of sp³-hybridized carbons (Fsp3) is 0.125. The number of nitrogens with one attached hydrogen (secondary N) is 1. The number of nitro benzene ring substituents is 1. The van der Waals surface area contributed by atoms with E-state index in [0.717, 1.165) is 17.2 Å². The molecule has 7 heteroatoms. The SMILES string of the molecule is C=c1[nH]n(-c2ccc3ccccc3c2)c(=O)/c1=C\c1cc([N+](=O)[O-])ccc1OCCC. The number of nitrogens with zero attached hydrogens (tertiary/aromatic N) is 2. The first-order valence-electron chi connectivity index (χ1n) is 9.90. The summed E-state index contributed by atoms with van der Waals surface area (Å²) in [7, 11) is 0. The maximum Gasteiger partial charge on any atom is 0.279 e. The van der Waals surface area contributed by atoms with Crippen LogP contribution in [0.4, 0.5) is 5.69 Å². The zero-order chi connectivity index (χ0) is 22.0. The average molecular weight is 415 g/mol. The molecule has 156 valence electrons. The number of H-pyrrole nitrogens is 1. The zero-order valence-electron chi connectivity index (χ0n) is 17.0. The van der Waals surface area contributed by atoms with Gasteiger partial charge in [-0.05, 0) is 41.5 Å². The fourth-order valence-corrected chi connectivity index (χ4v) is 3.40. The topological polar surface area (TPSA) is 90.2 Å². The molecule has 0 saturated carbocycles. The van der Waals surface area contributed by atoms with Crippen LogP contribution in [0.1, 0.15) is 18.9 Å². The molecule has 1 heterocycles. The number of non-ortho nitro benzene ring substituents is 1. The Morgan fingerprint density at radius 2 is 1.90 bits per heavy atom. The van der Waals surface area contributed by atoms with Crippen molar-refractivity contribution in [3.05, 3.63) is 97.3 Å². The highest BCUT2D eigenvalue weighted by molar-refractivity contribution is 5.84. The van der Waals surface area contributed by atoms with Gasteiger partial charge in [-0.1, -0.05) is 43.8 Å². The number of rotatable bonds is 6. The van der Waals surface area contributed by atoms with Crippen LogP contribution in [0.25, 0.3) is 29.1 Å². The lowest BCUT2D eigenvalue weighted by Crippen LogP contribution is -2.34. The monoisotopic (exact) mass is 415 g/mol. The third-order valence-electron chi connectivity index (χ3n) is 4.96. The summed E-state index contributed by atoms with van der Waals surface area (Å²) in [5.41, 5.74) is 0.753. The van der Waals surface area contributed by atoms with Crippen LogP contribution in [0.3, 0.4) is 0 Å². The number of fused-ring (bicyclic) bond motifs is 1.